The van der Waals surface area contributed by atoms with Crippen LogP contribution < -0.4 is 5.56 Å². The Bertz CT molecular complexity index is 656. The number of benzene rings is 1. The molecule has 1 N–H and O–H groups in total. The Kier molecular flexibility index (Phi) is 3.57. The van der Waals surface area contributed by atoms with Crippen LogP contribution in [-0.4, -0.2) is 28.0 Å². The molecule has 4 heteroatoms. The highest BCUT2D eigenvalue weighted by Gasteiger charge is 2.23. The van der Waals surface area contributed by atoms with Crippen LogP contribution in [-0.2, 0) is 0 Å². The minimum absolute atomic E-state index is 0.0390. The van der Waals surface area contributed by atoms with E-state index in [1.54, 1.807) is 0 Å². The van der Waals surface area contributed by atoms with Gasteiger partial charge in [-0.1, -0.05) is 19.1 Å². The zero-order chi connectivity index (χ0) is 14.1. The van der Waals surface area contributed by atoms with Crippen molar-refractivity contribution in [1.29, 1.82) is 0 Å². The molecule has 1 aromatic carbocycles. The number of aromatic amines is 1. The predicted octanol–water partition coefficient (Wildman–Crippen LogP) is 2.72. The highest BCUT2D eigenvalue weighted by Crippen LogP contribution is 2.24. The number of hydrogen-bond donors (Lipinski definition) is 1. The fraction of sp³-hybridized carbons (Fsp3) is 0.500. The van der Waals surface area contributed by atoms with Crippen LogP contribution in [0.3, 0.4) is 0 Å². The molecule has 1 saturated heterocycles. The summed E-state index contributed by atoms with van der Waals surface area (Å²) in [7, 11) is 0. The molecule has 1 aliphatic rings. The molecule has 0 radical (unpaired) electrons. The van der Waals surface area contributed by atoms with Crippen molar-refractivity contribution in [1.82, 2.24) is 14.9 Å². The Hall–Kier alpha value is -1.68. The van der Waals surface area contributed by atoms with Gasteiger partial charge in [-0.25, -0.2) is 4.98 Å². The minimum Gasteiger partial charge on any atom is -0.309 e. The van der Waals surface area contributed by atoms with Gasteiger partial charge in [0.05, 0.1) is 16.9 Å². The summed E-state index contributed by atoms with van der Waals surface area (Å²) in [5.74, 6) is 1.59. The number of nitrogens with zero attached hydrogens (tertiary/aromatic N) is 2. The van der Waals surface area contributed by atoms with Crippen LogP contribution in [0.1, 0.15) is 38.6 Å². The lowest BCUT2D eigenvalue weighted by molar-refractivity contribution is 0.142. The van der Waals surface area contributed by atoms with Crippen molar-refractivity contribution < 1.29 is 0 Å². The van der Waals surface area contributed by atoms with Crippen molar-refractivity contribution in [3.8, 4) is 0 Å². The maximum Gasteiger partial charge on any atom is 0.258 e. The third-order valence-corrected chi connectivity index (χ3v) is 4.39. The van der Waals surface area contributed by atoms with E-state index in [9.17, 15) is 4.79 Å². The SMILES string of the molecule is CC1CCN(C(C)c2nc3ccccc3c(=O)[nH]2)CC1. The molecule has 0 aliphatic carbocycles. The summed E-state index contributed by atoms with van der Waals surface area (Å²) in [4.78, 5) is 22.1. The number of likely N-dealkylation sites (tertiary alicyclic amines) is 1. The number of nitrogens with one attached hydrogen (secondary N) is 1. The van der Waals surface area contributed by atoms with E-state index in [4.69, 9.17) is 0 Å². The fourth-order valence-electron chi connectivity index (χ4n) is 2.89. The number of para-hydroxylation sites is 1. The number of H-pyrrole nitrogens is 1. The van der Waals surface area contributed by atoms with Crippen LogP contribution >= 0.6 is 0 Å². The van der Waals surface area contributed by atoms with Crippen LogP contribution in [0, 0.1) is 5.92 Å². The van der Waals surface area contributed by atoms with E-state index in [2.05, 4.69) is 28.7 Å². The van der Waals surface area contributed by atoms with Gasteiger partial charge in [-0.3, -0.25) is 9.69 Å². The second kappa shape index (κ2) is 5.37. The summed E-state index contributed by atoms with van der Waals surface area (Å²) >= 11 is 0. The third kappa shape index (κ3) is 2.48. The van der Waals surface area contributed by atoms with Gasteiger partial charge < -0.3 is 4.98 Å². The van der Waals surface area contributed by atoms with Gasteiger partial charge in [0.25, 0.3) is 5.56 Å². The molecular formula is C16H21N3O. The average molecular weight is 271 g/mol. The van der Waals surface area contributed by atoms with E-state index < -0.39 is 0 Å². The molecule has 1 aromatic heterocycles. The van der Waals surface area contributed by atoms with Gasteiger partial charge in [0.1, 0.15) is 5.82 Å². The van der Waals surface area contributed by atoms with E-state index in [1.807, 2.05) is 24.3 Å². The molecule has 106 valence electrons. The highest BCUT2D eigenvalue weighted by atomic mass is 16.1. The Labute approximate surface area is 118 Å². The maximum absolute atomic E-state index is 12.1. The van der Waals surface area contributed by atoms with E-state index in [-0.39, 0.29) is 11.6 Å². The summed E-state index contributed by atoms with van der Waals surface area (Å²) in [5, 5.41) is 0.663. The third-order valence-electron chi connectivity index (χ3n) is 4.39. The van der Waals surface area contributed by atoms with Gasteiger partial charge >= 0.3 is 0 Å². The molecule has 2 heterocycles. The Morgan fingerprint density at radius 2 is 2.00 bits per heavy atom. The van der Waals surface area contributed by atoms with Gasteiger partial charge in [0.15, 0.2) is 0 Å². The normalized spacial score (nSPS) is 19.3. The van der Waals surface area contributed by atoms with Gasteiger partial charge in [0.2, 0.25) is 0 Å². The first-order valence-electron chi connectivity index (χ1n) is 7.38. The first-order chi connectivity index (χ1) is 9.65. The average Bonchev–Trinajstić information content (AvgIpc) is 2.47. The topological polar surface area (TPSA) is 49.0 Å². The molecule has 1 atom stereocenters. The standard InChI is InChI=1S/C16H21N3O/c1-11-7-9-19(10-8-11)12(2)15-17-14-6-4-3-5-13(14)16(20)18-15/h3-6,11-12H,7-10H2,1-2H3,(H,17,18,20). The van der Waals surface area contributed by atoms with E-state index >= 15 is 0 Å². The Morgan fingerprint density at radius 3 is 2.75 bits per heavy atom. The summed E-state index contributed by atoms with van der Waals surface area (Å²) in [6, 6.07) is 7.68. The number of piperidine rings is 1. The molecule has 20 heavy (non-hydrogen) atoms. The lowest BCUT2D eigenvalue weighted by Gasteiger charge is -2.34. The molecule has 0 saturated carbocycles. The van der Waals surface area contributed by atoms with Crippen LogP contribution in [0.15, 0.2) is 29.1 Å². The van der Waals surface area contributed by atoms with Crippen molar-refractivity contribution in [3.63, 3.8) is 0 Å². The summed E-state index contributed by atoms with van der Waals surface area (Å²) in [5.41, 5.74) is 0.742. The van der Waals surface area contributed by atoms with Gasteiger partial charge in [-0.2, -0.15) is 0 Å². The Balaban J connectivity index is 1.92. The summed E-state index contributed by atoms with van der Waals surface area (Å²) in [6.45, 7) is 6.60. The molecule has 2 aromatic rings. The lowest BCUT2D eigenvalue weighted by Crippen LogP contribution is -2.36. The summed E-state index contributed by atoms with van der Waals surface area (Å²) < 4.78 is 0. The molecular weight excluding hydrogens is 250 g/mol. The molecule has 4 nitrogen and oxygen atoms in total. The maximum atomic E-state index is 12.1. The van der Waals surface area contributed by atoms with Crippen molar-refractivity contribution in [3.05, 3.63) is 40.4 Å². The van der Waals surface area contributed by atoms with E-state index in [1.165, 1.54) is 12.8 Å². The largest absolute Gasteiger partial charge is 0.309 e. The molecule has 3 rings (SSSR count). The molecule has 1 aliphatic heterocycles. The summed E-state index contributed by atoms with van der Waals surface area (Å²) in [6.07, 6.45) is 2.45. The van der Waals surface area contributed by atoms with E-state index in [0.29, 0.717) is 5.39 Å². The number of hydrogen-bond acceptors (Lipinski definition) is 3. The van der Waals surface area contributed by atoms with Crippen LogP contribution in [0.25, 0.3) is 10.9 Å². The molecule has 1 fully saturated rings. The number of fused-ring (bicyclic) bond motifs is 1. The zero-order valence-corrected chi connectivity index (χ0v) is 12.1. The second-order valence-corrected chi connectivity index (χ2v) is 5.86. The van der Waals surface area contributed by atoms with Crippen molar-refractivity contribution >= 4 is 10.9 Å². The molecule has 0 bridgehead atoms. The zero-order valence-electron chi connectivity index (χ0n) is 12.1. The first kappa shape index (κ1) is 13.3. The second-order valence-electron chi connectivity index (χ2n) is 5.86. The van der Waals surface area contributed by atoms with Crippen LogP contribution in [0.2, 0.25) is 0 Å². The van der Waals surface area contributed by atoms with Crippen molar-refractivity contribution in [2.24, 2.45) is 5.92 Å². The first-order valence-corrected chi connectivity index (χ1v) is 7.38. The minimum atomic E-state index is -0.0390. The molecule has 0 spiro atoms. The number of rotatable bonds is 2. The monoisotopic (exact) mass is 271 g/mol. The van der Waals surface area contributed by atoms with Gasteiger partial charge in [0, 0.05) is 0 Å². The van der Waals surface area contributed by atoms with Crippen molar-refractivity contribution in [2.45, 2.75) is 32.7 Å². The van der Waals surface area contributed by atoms with Crippen LogP contribution in [0.5, 0.6) is 0 Å². The smallest absolute Gasteiger partial charge is 0.258 e. The number of aromatic nitrogens is 2. The highest BCUT2D eigenvalue weighted by molar-refractivity contribution is 5.77. The quantitative estimate of drug-likeness (QED) is 0.913. The van der Waals surface area contributed by atoms with E-state index in [0.717, 1.165) is 30.3 Å². The predicted molar refractivity (Wildman–Crippen MR) is 80.7 cm³/mol. The van der Waals surface area contributed by atoms with Crippen LogP contribution in [0.4, 0.5) is 0 Å². The fourth-order valence-corrected chi connectivity index (χ4v) is 2.89. The lowest BCUT2D eigenvalue weighted by atomic mass is 9.98. The van der Waals surface area contributed by atoms with Gasteiger partial charge in [-0.15, -0.1) is 0 Å². The van der Waals surface area contributed by atoms with Crippen molar-refractivity contribution in [2.75, 3.05) is 13.1 Å². The molecule has 0 amide bonds. The molecule has 1 unspecified atom stereocenters. The Morgan fingerprint density at radius 1 is 1.30 bits per heavy atom. The van der Waals surface area contributed by atoms with Gasteiger partial charge in [-0.05, 0) is 50.9 Å².